The summed E-state index contributed by atoms with van der Waals surface area (Å²) in [7, 11) is 0. The fourth-order valence-electron chi connectivity index (χ4n) is 3.36. The summed E-state index contributed by atoms with van der Waals surface area (Å²) in [6.45, 7) is 7.01. The molecule has 2 rings (SSSR count). The third-order valence-corrected chi connectivity index (χ3v) is 6.20. The molecule has 0 bridgehead atoms. The second-order valence-corrected chi connectivity index (χ2v) is 7.66. The maximum absolute atomic E-state index is 6.65. The summed E-state index contributed by atoms with van der Waals surface area (Å²) >= 11 is 12.5. The van der Waals surface area contributed by atoms with Gasteiger partial charge in [-0.25, -0.2) is 0 Å². The molecule has 0 amide bonds. The van der Waals surface area contributed by atoms with Crippen LogP contribution in [0.15, 0.2) is 18.2 Å². The van der Waals surface area contributed by atoms with Gasteiger partial charge in [-0.2, -0.15) is 0 Å². The molecule has 1 aliphatic carbocycles. The van der Waals surface area contributed by atoms with Crippen LogP contribution in [0.3, 0.4) is 0 Å². The predicted octanol–water partition coefficient (Wildman–Crippen LogP) is 5.77. The molecule has 0 spiro atoms. The number of hydrogen-bond acceptors (Lipinski definition) is 1. The first-order chi connectivity index (χ1) is 9.30. The molecule has 0 aliphatic heterocycles. The van der Waals surface area contributed by atoms with Gasteiger partial charge in [-0.15, -0.1) is 0 Å². The average Bonchev–Trinajstić information content (AvgIpc) is 2.42. The lowest BCUT2D eigenvalue weighted by atomic mass is 9.64. The summed E-state index contributed by atoms with van der Waals surface area (Å²) in [5.41, 5.74) is 7.75. The van der Waals surface area contributed by atoms with Gasteiger partial charge in [0, 0.05) is 5.54 Å². The molecule has 0 radical (unpaired) electrons. The van der Waals surface area contributed by atoms with Gasteiger partial charge < -0.3 is 5.73 Å². The Morgan fingerprint density at radius 1 is 1.25 bits per heavy atom. The zero-order valence-corrected chi connectivity index (χ0v) is 14.2. The van der Waals surface area contributed by atoms with E-state index in [0.717, 1.165) is 24.3 Å². The number of hydrogen-bond donors (Lipinski definition) is 1. The molecule has 1 nitrogen and oxygen atoms in total. The van der Waals surface area contributed by atoms with Crippen LogP contribution in [0.1, 0.15) is 58.4 Å². The van der Waals surface area contributed by atoms with Crippen molar-refractivity contribution in [1.82, 2.24) is 0 Å². The van der Waals surface area contributed by atoms with E-state index in [9.17, 15) is 0 Å². The molecule has 0 aromatic heterocycles. The van der Waals surface area contributed by atoms with E-state index in [-0.39, 0.29) is 5.54 Å². The highest BCUT2D eigenvalue weighted by Crippen LogP contribution is 2.47. The van der Waals surface area contributed by atoms with Gasteiger partial charge in [-0.05, 0) is 48.6 Å². The Morgan fingerprint density at radius 3 is 2.40 bits per heavy atom. The molecule has 1 saturated carbocycles. The molecule has 0 saturated heterocycles. The summed E-state index contributed by atoms with van der Waals surface area (Å²) in [6, 6.07) is 5.79. The van der Waals surface area contributed by atoms with Crippen LogP contribution in [0.4, 0.5) is 0 Å². The van der Waals surface area contributed by atoms with Gasteiger partial charge in [-0.1, -0.05) is 62.5 Å². The molecule has 1 aromatic carbocycles. The third-order valence-electron chi connectivity index (χ3n) is 5.38. The third kappa shape index (κ3) is 3.00. The molecule has 112 valence electrons. The van der Waals surface area contributed by atoms with Crippen LogP contribution in [-0.2, 0) is 5.54 Å². The molecule has 1 aliphatic rings. The normalized spacial score (nSPS) is 27.6. The minimum Gasteiger partial charge on any atom is -0.321 e. The van der Waals surface area contributed by atoms with E-state index in [1.54, 1.807) is 0 Å². The topological polar surface area (TPSA) is 26.0 Å². The Balaban J connectivity index is 2.18. The van der Waals surface area contributed by atoms with E-state index in [0.29, 0.717) is 15.5 Å². The minimum atomic E-state index is -0.317. The Labute approximate surface area is 132 Å². The monoisotopic (exact) mass is 313 g/mol. The lowest BCUT2D eigenvalue weighted by Gasteiger charge is -2.43. The number of nitrogens with two attached hydrogens (primary N) is 1. The summed E-state index contributed by atoms with van der Waals surface area (Å²) in [6.07, 6.45) is 5.52. The Bertz CT molecular complexity index is 474. The standard InChI is InChI=1S/C17H25Cl2N/c1-4-16(2,3)12-8-10-17(20,11-9-12)13-6-5-7-14(18)15(13)19/h5-7,12H,4,8-11,20H2,1-3H3. The smallest absolute Gasteiger partial charge is 0.0642 e. The van der Waals surface area contributed by atoms with E-state index in [1.807, 2.05) is 18.2 Å². The van der Waals surface area contributed by atoms with Gasteiger partial charge in [0.2, 0.25) is 0 Å². The molecule has 0 unspecified atom stereocenters. The van der Waals surface area contributed by atoms with Crippen LogP contribution in [0.5, 0.6) is 0 Å². The highest BCUT2D eigenvalue weighted by atomic mass is 35.5. The molecule has 20 heavy (non-hydrogen) atoms. The van der Waals surface area contributed by atoms with Crippen molar-refractivity contribution in [2.45, 2.75) is 58.4 Å². The van der Waals surface area contributed by atoms with Gasteiger partial charge >= 0.3 is 0 Å². The largest absolute Gasteiger partial charge is 0.321 e. The van der Waals surface area contributed by atoms with Gasteiger partial charge in [0.15, 0.2) is 0 Å². The van der Waals surface area contributed by atoms with E-state index >= 15 is 0 Å². The van der Waals surface area contributed by atoms with Crippen molar-refractivity contribution in [2.24, 2.45) is 17.1 Å². The van der Waals surface area contributed by atoms with E-state index < -0.39 is 0 Å². The zero-order valence-electron chi connectivity index (χ0n) is 12.7. The van der Waals surface area contributed by atoms with Crippen molar-refractivity contribution in [3.05, 3.63) is 33.8 Å². The van der Waals surface area contributed by atoms with Crippen molar-refractivity contribution in [1.29, 1.82) is 0 Å². The molecular weight excluding hydrogens is 289 g/mol. The summed E-state index contributed by atoms with van der Waals surface area (Å²) < 4.78 is 0. The number of halogens is 2. The molecule has 2 N–H and O–H groups in total. The van der Waals surface area contributed by atoms with Crippen LogP contribution in [-0.4, -0.2) is 0 Å². The van der Waals surface area contributed by atoms with Crippen LogP contribution >= 0.6 is 23.2 Å². The van der Waals surface area contributed by atoms with Gasteiger partial charge in [0.1, 0.15) is 0 Å². The molecule has 0 atom stereocenters. The van der Waals surface area contributed by atoms with E-state index in [4.69, 9.17) is 28.9 Å². The average molecular weight is 314 g/mol. The van der Waals surface area contributed by atoms with Crippen LogP contribution in [0, 0.1) is 11.3 Å². The van der Waals surface area contributed by atoms with Crippen molar-refractivity contribution in [3.8, 4) is 0 Å². The number of benzene rings is 1. The van der Waals surface area contributed by atoms with Gasteiger partial charge in [-0.3, -0.25) is 0 Å². The summed E-state index contributed by atoms with van der Waals surface area (Å²) in [5.74, 6) is 0.752. The lowest BCUT2D eigenvalue weighted by Crippen LogP contribution is -2.43. The van der Waals surface area contributed by atoms with Crippen LogP contribution < -0.4 is 5.73 Å². The molecule has 3 heteroatoms. The molecule has 1 fully saturated rings. The zero-order chi connectivity index (χ0) is 15.0. The maximum Gasteiger partial charge on any atom is 0.0642 e. The van der Waals surface area contributed by atoms with Gasteiger partial charge in [0.25, 0.3) is 0 Å². The quantitative estimate of drug-likeness (QED) is 0.752. The van der Waals surface area contributed by atoms with Crippen molar-refractivity contribution < 1.29 is 0 Å². The molecular formula is C17H25Cl2N. The first kappa shape index (κ1) is 16.1. The maximum atomic E-state index is 6.65. The Hall–Kier alpha value is -0.240. The highest BCUT2D eigenvalue weighted by Gasteiger charge is 2.39. The number of rotatable bonds is 3. The fourth-order valence-corrected chi connectivity index (χ4v) is 3.85. The molecule has 0 heterocycles. The first-order valence-electron chi connectivity index (χ1n) is 7.53. The minimum absolute atomic E-state index is 0.317. The van der Waals surface area contributed by atoms with E-state index in [2.05, 4.69) is 20.8 Å². The Morgan fingerprint density at radius 2 is 1.85 bits per heavy atom. The van der Waals surface area contributed by atoms with Gasteiger partial charge in [0.05, 0.1) is 10.0 Å². The second kappa shape index (κ2) is 5.87. The predicted molar refractivity (Wildman–Crippen MR) is 88.4 cm³/mol. The van der Waals surface area contributed by atoms with Crippen molar-refractivity contribution >= 4 is 23.2 Å². The van der Waals surface area contributed by atoms with E-state index in [1.165, 1.54) is 19.3 Å². The fraction of sp³-hybridized carbons (Fsp3) is 0.647. The highest BCUT2D eigenvalue weighted by molar-refractivity contribution is 6.42. The van der Waals surface area contributed by atoms with Crippen LogP contribution in [0.2, 0.25) is 10.0 Å². The second-order valence-electron chi connectivity index (χ2n) is 6.87. The first-order valence-corrected chi connectivity index (χ1v) is 8.29. The SMILES string of the molecule is CCC(C)(C)C1CCC(N)(c2cccc(Cl)c2Cl)CC1. The molecule has 1 aromatic rings. The lowest BCUT2D eigenvalue weighted by molar-refractivity contribution is 0.115. The van der Waals surface area contributed by atoms with Crippen molar-refractivity contribution in [2.75, 3.05) is 0 Å². The Kier molecular flexibility index (Phi) is 4.73. The van der Waals surface area contributed by atoms with Crippen molar-refractivity contribution in [3.63, 3.8) is 0 Å². The summed E-state index contributed by atoms with van der Waals surface area (Å²) in [5, 5.41) is 1.23. The van der Waals surface area contributed by atoms with Crippen LogP contribution in [0.25, 0.3) is 0 Å². The summed E-state index contributed by atoms with van der Waals surface area (Å²) in [4.78, 5) is 0.